The standard InChI is InChI=1S/2C34H20.C22H12.8C2H6/c2*1-3-9-21(10-4-1)29-25-15-7-13-23-18-20-28-30(22-11-5-2-6-12-22)26-16-8-14-24-17-19-27(29)33(32(24)26)34(28)31(23)25;1-3-13-7-9-18-12-16-6-2-4-14-8-10-17-11-15(5-1)19(13)21(18)22(17)20(14)16;8*1-2/h2*1-20H;1-12H;8*1-2H3. The molecule has 0 N–H and O–H groups in total. The van der Waals surface area contributed by atoms with Gasteiger partial charge in [0.2, 0.25) is 0 Å². The largest absolute Gasteiger partial charge is 0.0683 e. The van der Waals surface area contributed by atoms with Crippen molar-refractivity contribution in [3.63, 3.8) is 0 Å². The molecule has 22 rings (SSSR count). The fraction of sp³-hybridized carbons (Fsp3) is 0.151. The quantitative estimate of drug-likeness (QED) is 0.122. The minimum absolute atomic E-state index is 1.27. The van der Waals surface area contributed by atoms with E-state index in [9.17, 15) is 0 Å². The Kier molecular flexibility index (Phi) is 23.3. The van der Waals surface area contributed by atoms with Crippen LogP contribution in [0.25, 0.3) is 206 Å². The predicted molar refractivity (Wildman–Crippen MR) is 482 cm³/mol. The molecule has 524 valence electrons. The van der Waals surface area contributed by atoms with Gasteiger partial charge in [0.15, 0.2) is 0 Å². The molecule has 0 atom stereocenters. The van der Waals surface area contributed by atoms with Crippen molar-refractivity contribution in [1.82, 2.24) is 0 Å². The zero-order chi connectivity index (χ0) is 74.7. The third-order valence-electron chi connectivity index (χ3n) is 20.2. The molecule has 22 aromatic carbocycles. The second-order valence-corrected chi connectivity index (χ2v) is 24.8. The van der Waals surface area contributed by atoms with E-state index in [1.54, 1.807) is 0 Å². The molecular weight excluding hydrogens is 1270 g/mol. The molecule has 0 unspecified atom stereocenters. The van der Waals surface area contributed by atoms with Crippen LogP contribution in [0.1, 0.15) is 111 Å². The molecular formula is C106H100. The summed E-state index contributed by atoms with van der Waals surface area (Å²) in [6, 6.07) is 116. The van der Waals surface area contributed by atoms with Crippen molar-refractivity contribution < 1.29 is 0 Å². The van der Waals surface area contributed by atoms with Crippen LogP contribution in [-0.2, 0) is 0 Å². The van der Waals surface area contributed by atoms with Crippen LogP contribution in [0.2, 0.25) is 0 Å². The van der Waals surface area contributed by atoms with Crippen LogP contribution in [0.15, 0.2) is 315 Å². The van der Waals surface area contributed by atoms with Gasteiger partial charge in [0.25, 0.3) is 0 Å². The van der Waals surface area contributed by atoms with Crippen molar-refractivity contribution in [2.75, 3.05) is 0 Å². The Morgan fingerprint density at radius 1 is 0.113 bits per heavy atom. The highest BCUT2D eigenvalue weighted by Gasteiger charge is 2.26. The lowest BCUT2D eigenvalue weighted by Crippen LogP contribution is -1.95. The fourth-order valence-electron chi connectivity index (χ4n) is 16.7. The molecule has 0 aromatic heterocycles. The Morgan fingerprint density at radius 2 is 0.283 bits per heavy atom. The van der Waals surface area contributed by atoms with Crippen LogP contribution in [0.4, 0.5) is 0 Å². The fourth-order valence-corrected chi connectivity index (χ4v) is 16.7. The summed E-state index contributed by atoms with van der Waals surface area (Å²) in [5, 5.41) is 40.7. The van der Waals surface area contributed by atoms with Gasteiger partial charge in [0, 0.05) is 0 Å². The van der Waals surface area contributed by atoms with E-state index in [-0.39, 0.29) is 0 Å². The minimum Gasteiger partial charge on any atom is -0.0683 e. The van der Waals surface area contributed by atoms with Crippen LogP contribution < -0.4 is 0 Å². The smallest absolute Gasteiger partial charge is 0.000741 e. The topological polar surface area (TPSA) is 0 Å². The molecule has 106 heavy (non-hydrogen) atoms. The van der Waals surface area contributed by atoms with Gasteiger partial charge < -0.3 is 0 Å². The van der Waals surface area contributed by atoms with Gasteiger partial charge in [-0.05, 0) is 218 Å². The van der Waals surface area contributed by atoms with E-state index in [1.807, 2.05) is 111 Å². The van der Waals surface area contributed by atoms with Crippen molar-refractivity contribution in [1.29, 1.82) is 0 Å². The Morgan fingerprint density at radius 3 is 0.519 bits per heavy atom. The number of rotatable bonds is 4. The number of hydrogen-bond acceptors (Lipinski definition) is 0. The minimum atomic E-state index is 1.27. The summed E-state index contributed by atoms with van der Waals surface area (Å²) < 4.78 is 0. The van der Waals surface area contributed by atoms with E-state index in [1.165, 1.54) is 206 Å². The Hall–Kier alpha value is -11.7. The van der Waals surface area contributed by atoms with Gasteiger partial charge in [-0.1, -0.05) is 414 Å². The van der Waals surface area contributed by atoms with Gasteiger partial charge in [-0.3, -0.25) is 0 Å². The SMILES string of the molecule is CC.CC.CC.CC.CC.CC.CC.CC.c1cc2ccc3cc4cccc5ccc6cc(c1)c2c3c6c54.c1ccc(-c2c3cccc4ccc5c(-c6ccccc6)c6cccc7ccc2c(c76)c5c43)cc1.c1ccc(-c2c3cccc4ccc5c(-c6ccccc6)c6cccc7ccc2c(c76)c5c43)cc1. The summed E-state index contributed by atoms with van der Waals surface area (Å²) in [6.07, 6.45) is 0. The molecule has 22 aromatic rings. The van der Waals surface area contributed by atoms with Gasteiger partial charge in [-0.15, -0.1) is 0 Å². The molecule has 0 fully saturated rings. The van der Waals surface area contributed by atoms with Gasteiger partial charge in [0.05, 0.1) is 0 Å². The molecule has 0 spiro atoms. The van der Waals surface area contributed by atoms with Gasteiger partial charge >= 0.3 is 0 Å². The first kappa shape index (κ1) is 74.0. The van der Waals surface area contributed by atoms with E-state index in [2.05, 4.69) is 315 Å². The van der Waals surface area contributed by atoms with Crippen LogP contribution in [-0.4, -0.2) is 0 Å². The molecule has 0 bridgehead atoms. The monoisotopic (exact) mass is 1370 g/mol. The second kappa shape index (κ2) is 33.4. The summed E-state index contributed by atoms with van der Waals surface area (Å²) >= 11 is 0. The maximum atomic E-state index is 2.34. The van der Waals surface area contributed by atoms with Crippen LogP contribution in [0, 0.1) is 0 Å². The lowest BCUT2D eigenvalue weighted by atomic mass is 9.80. The molecule has 0 saturated carbocycles. The Balaban J connectivity index is 0.000000138. The Bertz CT molecular complexity index is 5830. The zero-order valence-corrected chi connectivity index (χ0v) is 65.0. The molecule has 0 heterocycles. The maximum absolute atomic E-state index is 2.34. The third-order valence-corrected chi connectivity index (χ3v) is 20.2. The summed E-state index contributed by atoms with van der Waals surface area (Å²) in [7, 11) is 0. The first-order valence-corrected chi connectivity index (χ1v) is 39.5. The maximum Gasteiger partial charge on any atom is -0.000741 e. The molecule has 0 radical (unpaired) electrons. The van der Waals surface area contributed by atoms with Crippen LogP contribution in [0.3, 0.4) is 0 Å². The van der Waals surface area contributed by atoms with Gasteiger partial charge in [-0.2, -0.15) is 0 Å². The lowest BCUT2D eigenvalue weighted by molar-refractivity contribution is 1.50. The number of hydrogen-bond donors (Lipinski definition) is 0. The van der Waals surface area contributed by atoms with Crippen molar-refractivity contribution in [2.45, 2.75) is 111 Å². The van der Waals surface area contributed by atoms with Crippen molar-refractivity contribution in [2.24, 2.45) is 0 Å². The summed E-state index contributed by atoms with van der Waals surface area (Å²) in [5.74, 6) is 0. The highest BCUT2D eigenvalue weighted by Crippen LogP contribution is 2.54. The van der Waals surface area contributed by atoms with E-state index in [4.69, 9.17) is 0 Å². The summed E-state index contributed by atoms with van der Waals surface area (Å²) in [6.45, 7) is 32.0. The number of benzene rings is 22. The highest BCUT2D eigenvalue weighted by molar-refractivity contribution is 6.45. The van der Waals surface area contributed by atoms with E-state index in [0.29, 0.717) is 0 Å². The first-order chi connectivity index (χ1) is 52.7. The van der Waals surface area contributed by atoms with Gasteiger partial charge in [-0.25, -0.2) is 0 Å². The molecule has 0 nitrogen and oxygen atoms in total. The second-order valence-electron chi connectivity index (χ2n) is 24.8. The summed E-state index contributed by atoms with van der Waals surface area (Å²) in [4.78, 5) is 0. The lowest BCUT2D eigenvalue weighted by Gasteiger charge is -2.23. The molecule has 0 saturated heterocycles. The average Bonchev–Trinajstić information content (AvgIpc) is 0.689. The predicted octanol–water partition coefficient (Wildman–Crippen LogP) is 33.9. The normalized spacial score (nSPS) is 10.8. The van der Waals surface area contributed by atoms with Crippen LogP contribution in [0.5, 0.6) is 0 Å². The van der Waals surface area contributed by atoms with Crippen molar-refractivity contribution in [3.8, 4) is 44.5 Å². The third kappa shape index (κ3) is 12.3. The molecule has 0 heteroatoms. The van der Waals surface area contributed by atoms with Crippen molar-refractivity contribution in [3.05, 3.63) is 315 Å². The zero-order valence-electron chi connectivity index (χ0n) is 65.0. The van der Waals surface area contributed by atoms with Crippen molar-refractivity contribution >= 4 is 162 Å². The van der Waals surface area contributed by atoms with E-state index in [0.717, 1.165) is 0 Å². The van der Waals surface area contributed by atoms with Crippen LogP contribution >= 0.6 is 0 Å². The van der Waals surface area contributed by atoms with E-state index >= 15 is 0 Å². The molecule has 0 amide bonds. The first-order valence-electron chi connectivity index (χ1n) is 39.5. The molecule has 0 aliphatic rings. The molecule has 0 aliphatic carbocycles. The molecule has 0 aliphatic heterocycles. The van der Waals surface area contributed by atoms with E-state index < -0.39 is 0 Å². The average molecular weight is 1370 g/mol. The Labute approximate surface area is 628 Å². The summed E-state index contributed by atoms with van der Waals surface area (Å²) in [5.41, 5.74) is 10.5. The van der Waals surface area contributed by atoms with Gasteiger partial charge in [0.1, 0.15) is 0 Å². The highest BCUT2D eigenvalue weighted by atomic mass is 14.3.